The molecule has 9 nitrogen and oxygen atoms in total. The van der Waals surface area contributed by atoms with E-state index in [2.05, 4.69) is 4.99 Å². The number of benzene rings is 2. The molecule has 2 atom stereocenters. The van der Waals surface area contributed by atoms with Crippen molar-refractivity contribution in [2.24, 2.45) is 10.9 Å². The first kappa shape index (κ1) is 23.6. The van der Waals surface area contributed by atoms with E-state index in [0.717, 1.165) is 6.21 Å². The molecule has 2 aliphatic rings. The van der Waals surface area contributed by atoms with Crippen LogP contribution in [0.25, 0.3) is 11.0 Å². The summed E-state index contributed by atoms with van der Waals surface area (Å²) in [6.45, 7) is 1.63. The summed E-state index contributed by atoms with van der Waals surface area (Å²) in [5, 5.41) is 11.7. The van der Waals surface area contributed by atoms with Gasteiger partial charge in [-0.05, 0) is 18.2 Å². The lowest BCUT2D eigenvalue weighted by Gasteiger charge is -2.36. The SMILES string of the molecule is COc1cc(OC)c2c(c1Cl)O[C@]1(C2=O)C(O)=C(C=Nc2ccc3occc(=O)c3c2)C(=O)C[C@H]1C. The van der Waals surface area contributed by atoms with E-state index < -0.39 is 28.8 Å². The molecular formula is C26H20ClNO8. The Kier molecular flexibility index (Phi) is 5.60. The van der Waals surface area contributed by atoms with E-state index in [0.29, 0.717) is 16.7 Å². The summed E-state index contributed by atoms with van der Waals surface area (Å²) in [5.41, 5.74) is -1.55. The third kappa shape index (κ3) is 3.30. The number of rotatable bonds is 4. The van der Waals surface area contributed by atoms with Crippen LogP contribution in [0.5, 0.6) is 17.2 Å². The number of fused-ring (bicyclic) bond motifs is 2. The van der Waals surface area contributed by atoms with Crippen molar-refractivity contribution in [2.75, 3.05) is 14.2 Å². The van der Waals surface area contributed by atoms with E-state index in [1.165, 1.54) is 38.7 Å². The van der Waals surface area contributed by atoms with Crippen molar-refractivity contribution in [3.8, 4) is 17.2 Å². The number of Topliss-reactive ketones (excluding diaryl/α,β-unsaturated/α-hetero) is 2. The number of nitrogens with zero attached hydrogens (tertiary/aromatic N) is 1. The number of ether oxygens (including phenoxy) is 3. The van der Waals surface area contributed by atoms with Crippen LogP contribution in [-0.4, -0.2) is 42.7 Å². The highest BCUT2D eigenvalue weighted by Gasteiger charge is 2.60. The fraction of sp³-hybridized carbons (Fsp3) is 0.231. The highest BCUT2D eigenvalue weighted by atomic mass is 35.5. The number of hydrogen-bond acceptors (Lipinski definition) is 9. The first-order valence-corrected chi connectivity index (χ1v) is 11.3. The normalized spacial score (nSPS) is 21.4. The highest BCUT2D eigenvalue weighted by molar-refractivity contribution is 6.35. The van der Waals surface area contributed by atoms with Crippen LogP contribution in [0.3, 0.4) is 0 Å². The number of aliphatic hydroxyl groups is 1. The maximum absolute atomic E-state index is 13.7. The fourth-order valence-corrected chi connectivity index (χ4v) is 4.87. The molecular weight excluding hydrogens is 490 g/mol. The van der Waals surface area contributed by atoms with Crippen LogP contribution < -0.4 is 19.6 Å². The van der Waals surface area contributed by atoms with Gasteiger partial charge in [0.1, 0.15) is 27.7 Å². The van der Waals surface area contributed by atoms with Crippen LogP contribution in [0.4, 0.5) is 5.69 Å². The van der Waals surface area contributed by atoms with Crippen molar-refractivity contribution in [2.45, 2.75) is 18.9 Å². The number of aliphatic imine (C=N–C) groups is 1. The lowest BCUT2D eigenvalue weighted by molar-refractivity contribution is -0.118. The molecule has 2 aromatic carbocycles. The third-order valence-corrected chi connectivity index (χ3v) is 6.86. The fourth-order valence-electron chi connectivity index (χ4n) is 4.60. The second-order valence-corrected chi connectivity index (χ2v) is 8.86. The molecule has 3 aromatic rings. The Morgan fingerprint density at radius 1 is 1.14 bits per heavy atom. The zero-order valence-electron chi connectivity index (χ0n) is 19.5. The number of hydrogen-bond donors (Lipinski definition) is 1. The van der Waals surface area contributed by atoms with Crippen molar-refractivity contribution in [3.05, 3.63) is 68.7 Å². The van der Waals surface area contributed by atoms with Crippen molar-refractivity contribution in [1.82, 2.24) is 0 Å². The van der Waals surface area contributed by atoms with Crippen molar-refractivity contribution in [1.29, 1.82) is 0 Å². The summed E-state index contributed by atoms with van der Waals surface area (Å²) in [6.07, 6.45) is 2.37. The third-order valence-electron chi connectivity index (χ3n) is 6.50. The van der Waals surface area contributed by atoms with Crippen LogP contribution in [-0.2, 0) is 4.79 Å². The molecule has 2 heterocycles. The molecule has 184 valence electrons. The molecule has 0 fully saturated rings. The summed E-state index contributed by atoms with van der Waals surface area (Å²) in [7, 11) is 2.79. The Bertz CT molecular complexity index is 1570. The van der Waals surface area contributed by atoms with E-state index in [-0.39, 0.29) is 45.3 Å². The molecule has 1 aliphatic carbocycles. The van der Waals surface area contributed by atoms with Gasteiger partial charge in [0.05, 0.1) is 37.1 Å². The van der Waals surface area contributed by atoms with E-state index in [1.807, 2.05) is 0 Å². The van der Waals surface area contributed by atoms with Crippen LogP contribution in [0.15, 0.2) is 62.1 Å². The summed E-state index contributed by atoms with van der Waals surface area (Å²) >= 11 is 6.43. The average Bonchev–Trinajstić information content (AvgIpc) is 3.18. The Morgan fingerprint density at radius 3 is 2.61 bits per heavy atom. The molecule has 0 bridgehead atoms. The Labute approximate surface area is 209 Å². The first-order chi connectivity index (χ1) is 17.2. The van der Waals surface area contributed by atoms with Gasteiger partial charge in [0.15, 0.2) is 22.7 Å². The second-order valence-electron chi connectivity index (χ2n) is 8.48. The molecule has 10 heteroatoms. The zero-order chi connectivity index (χ0) is 25.8. The molecule has 36 heavy (non-hydrogen) atoms. The number of halogens is 1. The number of carbonyl (C=O) groups is 2. The zero-order valence-corrected chi connectivity index (χ0v) is 20.2. The van der Waals surface area contributed by atoms with Crippen LogP contribution in [0.2, 0.25) is 5.02 Å². The smallest absolute Gasteiger partial charge is 0.231 e. The molecule has 1 aromatic heterocycles. The minimum Gasteiger partial charge on any atom is -0.507 e. The van der Waals surface area contributed by atoms with E-state index in [1.54, 1.807) is 19.1 Å². The molecule has 0 saturated heterocycles. The van der Waals surface area contributed by atoms with Crippen molar-refractivity contribution < 1.29 is 33.3 Å². The topological polar surface area (TPSA) is 125 Å². The van der Waals surface area contributed by atoms with Gasteiger partial charge in [-0.1, -0.05) is 18.5 Å². The van der Waals surface area contributed by atoms with E-state index >= 15 is 0 Å². The maximum atomic E-state index is 13.7. The molecule has 1 N–H and O–H groups in total. The van der Waals surface area contributed by atoms with Gasteiger partial charge in [0.25, 0.3) is 0 Å². The molecule has 0 radical (unpaired) electrons. The number of carbonyl (C=O) groups excluding carboxylic acids is 2. The Hall–Kier alpha value is -4.11. The van der Waals surface area contributed by atoms with Gasteiger partial charge < -0.3 is 23.7 Å². The Morgan fingerprint density at radius 2 is 1.89 bits per heavy atom. The minimum absolute atomic E-state index is 0.00292. The van der Waals surface area contributed by atoms with Gasteiger partial charge >= 0.3 is 0 Å². The quantitative estimate of drug-likeness (QED) is 0.506. The van der Waals surface area contributed by atoms with E-state index in [4.69, 9.17) is 30.2 Å². The van der Waals surface area contributed by atoms with Gasteiger partial charge in [-0.2, -0.15) is 0 Å². The van der Waals surface area contributed by atoms with Gasteiger partial charge in [-0.15, -0.1) is 0 Å². The molecule has 1 aliphatic heterocycles. The van der Waals surface area contributed by atoms with Gasteiger partial charge in [-0.3, -0.25) is 19.4 Å². The first-order valence-electron chi connectivity index (χ1n) is 10.9. The average molecular weight is 510 g/mol. The summed E-state index contributed by atoms with van der Waals surface area (Å²) in [5.74, 6) is -1.92. The molecule has 0 saturated carbocycles. The predicted molar refractivity (Wildman–Crippen MR) is 131 cm³/mol. The summed E-state index contributed by atoms with van der Waals surface area (Å²) < 4.78 is 22.0. The number of aliphatic hydroxyl groups excluding tert-OH is 1. The summed E-state index contributed by atoms with van der Waals surface area (Å²) in [4.78, 5) is 43.0. The maximum Gasteiger partial charge on any atom is 0.231 e. The van der Waals surface area contributed by atoms with Crippen molar-refractivity contribution >= 4 is 46.0 Å². The summed E-state index contributed by atoms with van der Waals surface area (Å²) in [6, 6.07) is 7.42. The monoisotopic (exact) mass is 509 g/mol. The minimum atomic E-state index is -1.90. The largest absolute Gasteiger partial charge is 0.507 e. The Balaban J connectivity index is 1.62. The van der Waals surface area contributed by atoms with Crippen LogP contribution >= 0.6 is 11.6 Å². The molecule has 0 unspecified atom stereocenters. The van der Waals surface area contributed by atoms with Gasteiger partial charge in [-0.25, -0.2) is 0 Å². The number of allylic oxidation sites excluding steroid dienone is 1. The van der Waals surface area contributed by atoms with Crippen LogP contribution in [0.1, 0.15) is 23.7 Å². The van der Waals surface area contributed by atoms with Crippen molar-refractivity contribution in [3.63, 3.8) is 0 Å². The van der Waals surface area contributed by atoms with Gasteiger partial charge in [0, 0.05) is 30.7 Å². The van der Waals surface area contributed by atoms with Crippen LogP contribution in [0, 0.1) is 5.92 Å². The van der Waals surface area contributed by atoms with Gasteiger partial charge in [0.2, 0.25) is 11.4 Å². The molecule has 0 amide bonds. The molecule has 1 spiro atoms. The lowest BCUT2D eigenvalue weighted by atomic mass is 9.73. The standard InChI is InChI=1S/C26H20ClNO8/c1-12-8-17(30)15(11-28-13-4-5-18-14(9-13)16(29)6-7-35-18)24(31)26(12)25(32)21-19(33-2)10-20(34-3)22(27)23(21)36-26/h4-7,9-12,31H,8H2,1-3H3/t12-,26+/m1/s1. The number of ketones is 2. The number of methoxy groups -OCH3 is 2. The predicted octanol–water partition coefficient (Wildman–Crippen LogP) is 4.60. The van der Waals surface area contributed by atoms with E-state index in [9.17, 15) is 19.5 Å². The lowest BCUT2D eigenvalue weighted by Crippen LogP contribution is -2.52. The molecule has 5 rings (SSSR count). The highest BCUT2D eigenvalue weighted by Crippen LogP contribution is 2.54. The second kappa shape index (κ2) is 8.53.